The first-order valence-electron chi connectivity index (χ1n) is 8.42. The number of rotatable bonds is 8. The lowest BCUT2D eigenvalue weighted by Crippen LogP contribution is -2.46. The average molecular weight is 348 g/mol. The van der Waals surface area contributed by atoms with Gasteiger partial charge < -0.3 is 21.7 Å². The van der Waals surface area contributed by atoms with E-state index in [9.17, 15) is 14.4 Å². The van der Waals surface area contributed by atoms with E-state index < -0.39 is 11.9 Å². The Morgan fingerprint density at radius 2 is 1.68 bits per heavy atom. The standard InChI is InChI=1S/C18H28N4O3/c1-11(2)9-20-17(24)13-7-5-6-8-14(13)22-15(23)10-21-18(25)16(19)12(3)4/h5-8,11-12,16H,9-10,19H2,1-4H3,(H,20,24)(H,21,25)(H,22,23)/t16-/m0/s1. The van der Waals surface area contributed by atoms with E-state index in [0.717, 1.165) is 0 Å². The maximum absolute atomic E-state index is 12.2. The largest absolute Gasteiger partial charge is 0.352 e. The second kappa shape index (κ2) is 9.78. The van der Waals surface area contributed by atoms with Gasteiger partial charge in [0.1, 0.15) is 0 Å². The zero-order valence-electron chi connectivity index (χ0n) is 15.3. The number of para-hydroxylation sites is 1. The second-order valence-corrected chi connectivity index (χ2v) is 6.69. The Kier molecular flexibility index (Phi) is 8.07. The molecule has 0 aliphatic heterocycles. The zero-order chi connectivity index (χ0) is 19.0. The Bertz CT molecular complexity index is 614. The molecule has 7 heteroatoms. The highest BCUT2D eigenvalue weighted by Crippen LogP contribution is 2.14. The number of benzene rings is 1. The van der Waals surface area contributed by atoms with Gasteiger partial charge in [-0.2, -0.15) is 0 Å². The van der Waals surface area contributed by atoms with Gasteiger partial charge in [-0.3, -0.25) is 14.4 Å². The summed E-state index contributed by atoms with van der Waals surface area (Å²) < 4.78 is 0. The van der Waals surface area contributed by atoms with Crippen LogP contribution in [0.15, 0.2) is 24.3 Å². The van der Waals surface area contributed by atoms with Crippen molar-refractivity contribution in [1.29, 1.82) is 0 Å². The second-order valence-electron chi connectivity index (χ2n) is 6.69. The minimum absolute atomic E-state index is 0.0200. The van der Waals surface area contributed by atoms with Crippen LogP contribution in [0.3, 0.4) is 0 Å². The number of nitrogens with two attached hydrogens (primary N) is 1. The van der Waals surface area contributed by atoms with E-state index in [1.165, 1.54) is 0 Å². The van der Waals surface area contributed by atoms with E-state index >= 15 is 0 Å². The smallest absolute Gasteiger partial charge is 0.253 e. The van der Waals surface area contributed by atoms with Crippen molar-refractivity contribution in [2.45, 2.75) is 33.7 Å². The molecule has 7 nitrogen and oxygen atoms in total. The van der Waals surface area contributed by atoms with Crippen LogP contribution in [0, 0.1) is 11.8 Å². The minimum atomic E-state index is -0.665. The molecule has 0 spiro atoms. The fraction of sp³-hybridized carbons (Fsp3) is 0.500. The lowest BCUT2D eigenvalue weighted by molar-refractivity contribution is -0.125. The maximum Gasteiger partial charge on any atom is 0.253 e. The van der Waals surface area contributed by atoms with E-state index in [-0.39, 0.29) is 24.3 Å². The predicted octanol–water partition coefficient (Wildman–Crippen LogP) is 1.11. The van der Waals surface area contributed by atoms with Crippen LogP contribution in [0.4, 0.5) is 5.69 Å². The number of amides is 3. The molecule has 0 saturated heterocycles. The van der Waals surface area contributed by atoms with E-state index in [2.05, 4.69) is 16.0 Å². The van der Waals surface area contributed by atoms with Crippen molar-refractivity contribution in [3.8, 4) is 0 Å². The summed E-state index contributed by atoms with van der Waals surface area (Å²) in [5, 5.41) is 7.96. The van der Waals surface area contributed by atoms with Crippen molar-refractivity contribution in [3.05, 3.63) is 29.8 Å². The van der Waals surface area contributed by atoms with Crippen LogP contribution in [-0.2, 0) is 9.59 Å². The summed E-state index contributed by atoms with van der Waals surface area (Å²) in [5.74, 6) is -0.753. The van der Waals surface area contributed by atoms with Crippen molar-refractivity contribution in [2.24, 2.45) is 17.6 Å². The van der Waals surface area contributed by atoms with Crippen LogP contribution in [0.1, 0.15) is 38.1 Å². The van der Waals surface area contributed by atoms with Crippen molar-refractivity contribution < 1.29 is 14.4 Å². The molecule has 138 valence electrons. The Morgan fingerprint density at radius 1 is 1.04 bits per heavy atom. The Balaban J connectivity index is 2.66. The van der Waals surface area contributed by atoms with Gasteiger partial charge in [-0.05, 0) is 24.0 Å². The third kappa shape index (κ3) is 6.93. The van der Waals surface area contributed by atoms with E-state index in [4.69, 9.17) is 5.73 Å². The van der Waals surface area contributed by atoms with E-state index in [1.54, 1.807) is 24.3 Å². The first-order chi connectivity index (χ1) is 11.7. The topological polar surface area (TPSA) is 113 Å². The zero-order valence-corrected chi connectivity index (χ0v) is 15.3. The molecule has 1 aromatic carbocycles. The number of nitrogens with one attached hydrogen (secondary N) is 3. The molecule has 1 rings (SSSR count). The third-order valence-corrected chi connectivity index (χ3v) is 3.56. The molecule has 0 heterocycles. The Hall–Kier alpha value is -2.41. The molecule has 0 radical (unpaired) electrons. The fourth-order valence-electron chi connectivity index (χ4n) is 1.96. The first-order valence-corrected chi connectivity index (χ1v) is 8.42. The molecule has 0 unspecified atom stereocenters. The molecule has 0 aromatic heterocycles. The van der Waals surface area contributed by atoms with Crippen molar-refractivity contribution >= 4 is 23.4 Å². The van der Waals surface area contributed by atoms with Crippen molar-refractivity contribution in [2.75, 3.05) is 18.4 Å². The SMILES string of the molecule is CC(C)CNC(=O)c1ccccc1NC(=O)CNC(=O)[C@@H](N)C(C)C. The van der Waals surface area contributed by atoms with Crippen LogP contribution in [0.2, 0.25) is 0 Å². The van der Waals surface area contributed by atoms with Crippen LogP contribution in [-0.4, -0.2) is 36.9 Å². The lowest BCUT2D eigenvalue weighted by Gasteiger charge is -2.16. The number of anilines is 1. The van der Waals surface area contributed by atoms with Gasteiger partial charge in [-0.25, -0.2) is 0 Å². The van der Waals surface area contributed by atoms with Gasteiger partial charge in [0.15, 0.2) is 0 Å². The summed E-state index contributed by atoms with van der Waals surface area (Å²) in [5.41, 5.74) is 6.50. The van der Waals surface area contributed by atoms with Gasteiger partial charge in [0.2, 0.25) is 11.8 Å². The van der Waals surface area contributed by atoms with Gasteiger partial charge >= 0.3 is 0 Å². The summed E-state index contributed by atoms with van der Waals surface area (Å²) in [7, 11) is 0. The molecule has 0 fully saturated rings. The fourth-order valence-corrected chi connectivity index (χ4v) is 1.96. The molecular formula is C18H28N4O3. The third-order valence-electron chi connectivity index (χ3n) is 3.56. The average Bonchev–Trinajstić information content (AvgIpc) is 2.57. The maximum atomic E-state index is 12.2. The molecule has 0 saturated carbocycles. The lowest BCUT2D eigenvalue weighted by atomic mass is 10.1. The highest BCUT2D eigenvalue weighted by Gasteiger charge is 2.18. The van der Waals surface area contributed by atoms with Gasteiger partial charge in [0.05, 0.1) is 23.8 Å². The van der Waals surface area contributed by atoms with E-state index in [0.29, 0.717) is 23.7 Å². The number of hydrogen-bond acceptors (Lipinski definition) is 4. The molecule has 1 atom stereocenters. The molecule has 0 aliphatic carbocycles. The first kappa shape index (κ1) is 20.6. The quantitative estimate of drug-likeness (QED) is 0.563. The van der Waals surface area contributed by atoms with Crippen molar-refractivity contribution in [1.82, 2.24) is 10.6 Å². The summed E-state index contributed by atoms with van der Waals surface area (Å²) in [4.78, 5) is 36.1. The molecule has 1 aromatic rings. The summed E-state index contributed by atoms with van der Waals surface area (Å²) in [6, 6.07) is 6.07. The van der Waals surface area contributed by atoms with Gasteiger partial charge in [-0.1, -0.05) is 39.8 Å². The van der Waals surface area contributed by atoms with Crippen LogP contribution < -0.4 is 21.7 Å². The highest BCUT2D eigenvalue weighted by molar-refractivity contribution is 6.04. The predicted molar refractivity (Wildman–Crippen MR) is 98.1 cm³/mol. The molecule has 0 bridgehead atoms. The van der Waals surface area contributed by atoms with Crippen LogP contribution in [0.25, 0.3) is 0 Å². The van der Waals surface area contributed by atoms with Crippen molar-refractivity contribution in [3.63, 3.8) is 0 Å². The number of carbonyl (C=O) groups excluding carboxylic acids is 3. The highest BCUT2D eigenvalue weighted by atomic mass is 16.2. The van der Waals surface area contributed by atoms with Gasteiger partial charge in [0.25, 0.3) is 5.91 Å². The summed E-state index contributed by atoms with van der Waals surface area (Å²) in [6.07, 6.45) is 0. The minimum Gasteiger partial charge on any atom is -0.352 e. The van der Waals surface area contributed by atoms with Gasteiger partial charge in [-0.15, -0.1) is 0 Å². The summed E-state index contributed by atoms with van der Waals surface area (Å²) in [6.45, 7) is 8.00. The molecule has 3 amide bonds. The normalized spacial score (nSPS) is 12.0. The summed E-state index contributed by atoms with van der Waals surface area (Å²) >= 11 is 0. The van der Waals surface area contributed by atoms with Gasteiger partial charge in [0, 0.05) is 6.54 Å². The molecular weight excluding hydrogens is 320 g/mol. The monoisotopic (exact) mass is 348 g/mol. The van der Waals surface area contributed by atoms with Crippen LogP contribution in [0.5, 0.6) is 0 Å². The number of hydrogen-bond donors (Lipinski definition) is 4. The molecule has 0 aliphatic rings. The Morgan fingerprint density at radius 3 is 2.28 bits per heavy atom. The van der Waals surface area contributed by atoms with E-state index in [1.807, 2.05) is 27.7 Å². The molecule has 5 N–H and O–H groups in total. The molecule has 25 heavy (non-hydrogen) atoms. The van der Waals surface area contributed by atoms with Crippen LogP contribution >= 0.6 is 0 Å². The number of carbonyl (C=O) groups is 3. The Labute approximate surface area is 148 Å².